The van der Waals surface area contributed by atoms with Crippen molar-refractivity contribution < 1.29 is 4.79 Å². The Morgan fingerprint density at radius 2 is 1.10 bits per heavy atom. The van der Waals surface area contributed by atoms with Crippen molar-refractivity contribution in [3.8, 4) is 0 Å². The van der Waals surface area contributed by atoms with E-state index in [1.165, 1.54) is 16.7 Å². The second-order valence-electron chi connectivity index (χ2n) is 7.84. The van der Waals surface area contributed by atoms with Gasteiger partial charge in [0.1, 0.15) is 0 Å². The van der Waals surface area contributed by atoms with Crippen LogP contribution in [-0.2, 0) is 5.41 Å². The summed E-state index contributed by atoms with van der Waals surface area (Å²) in [7, 11) is 0. The summed E-state index contributed by atoms with van der Waals surface area (Å²) in [5.74, 6) is 0.148. The van der Waals surface area contributed by atoms with Gasteiger partial charge in [-0.05, 0) is 28.8 Å². The predicted octanol–water partition coefficient (Wildman–Crippen LogP) is 7.03. The third-order valence-corrected chi connectivity index (χ3v) is 6.81. The number of ketones is 1. The molecule has 1 aliphatic carbocycles. The average molecular weight is 453 g/mol. The molecular weight excluding hydrogens is 432 g/mol. The molecule has 0 N–H and O–H groups in total. The minimum atomic E-state index is -0.367. The maximum atomic E-state index is 13.8. The first kappa shape index (κ1) is 19.0. The standard InChI is InChI=1S/C28H21BrO/c29-24-18-16-21(17-19-24)27(30)26-25(20-10-4-1-5-11-20)28(26,22-12-6-2-7-13-22)23-14-8-3-9-15-23/h1-19,25-26H. The number of Topliss-reactive ketones (excluding diaryl/α,β-unsaturated/α-hetero) is 1. The number of rotatable bonds is 5. The van der Waals surface area contributed by atoms with E-state index in [1.54, 1.807) is 0 Å². The maximum absolute atomic E-state index is 13.8. The normalized spacial score (nSPS) is 19.2. The molecular formula is C28H21BrO. The van der Waals surface area contributed by atoms with Crippen molar-refractivity contribution in [1.29, 1.82) is 0 Å². The molecule has 2 atom stereocenters. The Hall–Kier alpha value is -2.97. The van der Waals surface area contributed by atoms with Crippen LogP contribution in [0.15, 0.2) is 120 Å². The van der Waals surface area contributed by atoms with Gasteiger partial charge in [0.2, 0.25) is 0 Å². The van der Waals surface area contributed by atoms with Gasteiger partial charge in [-0.3, -0.25) is 4.79 Å². The van der Waals surface area contributed by atoms with Gasteiger partial charge < -0.3 is 0 Å². The molecule has 1 nitrogen and oxygen atoms in total. The highest BCUT2D eigenvalue weighted by Gasteiger charge is 2.69. The van der Waals surface area contributed by atoms with E-state index in [0.29, 0.717) is 0 Å². The average Bonchev–Trinajstić information content (AvgIpc) is 3.52. The summed E-state index contributed by atoms with van der Waals surface area (Å²) in [5, 5.41) is 0. The molecule has 0 aliphatic heterocycles. The SMILES string of the molecule is O=C(c1ccc(Br)cc1)C1C(c2ccccc2)C1(c1ccccc1)c1ccccc1. The molecule has 1 fully saturated rings. The van der Waals surface area contributed by atoms with Gasteiger partial charge in [-0.1, -0.05) is 119 Å². The Balaban J connectivity index is 1.72. The van der Waals surface area contributed by atoms with Gasteiger partial charge in [-0.15, -0.1) is 0 Å². The highest BCUT2D eigenvalue weighted by atomic mass is 79.9. The molecule has 2 heteroatoms. The van der Waals surface area contributed by atoms with E-state index in [2.05, 4.69) is 88.7 Å². The first-order valence-corrected chi connectivity index (χ1v) is 11.0. The zero-order valence-electron chi connectivity index (χ0n) is 16.4. The molecule has 1 saturated carbocycles. The number of benzene rings is 4. The van der Waals surface area contributed by atoms with Gasteiger partial charge in [0, 0.05) is 27.3 Å². The van der Waals surface area contributed by atoms with Crippen molar-refractivity contribution in [3.05, 3.63) is 142 Å². The van der Waals surface area contributed by atoms with Gasteiger partial charge >= 0.3 is 0 Å². The molecule has 0 heterocycles. The molecule has 0 amide bonds. The molecule has 146 valence electrons. The Bertz CT molecular complexity index is 1110. The van der Waals surface area contributed by atoms with Crippen molar-refractivity contribution in [2.24, 2.45) is 5.92 Å². The zero-order chi connectivity index (χ0) is 20.6. The van der Waals surface area contributed by atoms with Crippen LogP contribution < -0.4 is 0 Å². The minimum absolute atomic E-state index is 0.0969. The molecule has 0 aromatic heterocycles. The highest BCUT2D eigenvalue weighted by molar-refractivity contribution is 9.10. The van der Waals surface area contributed by atoms with Crippen LogP contribution in [0.4, 0.5) is 0 Å². The van der Waals surface area contributed by atoms with Crippen LogP contribution in [0.1, 0.15) is 33.0 Å². The topological polar surface area (TPSA) is 17.1 Å². The molecule has 0 spiro atoms. The smallest absolute Gasteiger partial charge is 0.167 e. The Labute approximate surface area is 185 Å². The van der Waals surface area contributed by atoms with Crippen LogP contribution in [-0.4, -0.2) is 5.78 Å². The second kappa shape index (κ2) is 7.70. The van der Waals surface area contributed by atoms with Crippen molar-refractivity contribution in [2.45, 2.75) is 11.3 Å². The predicted molar refractivity (Wildman–Crippen MR) is 125 cm³/mol. The third-order valence-electron chi connectivity index (χ3n) is 6.28. The first-order chi connectivity index (χ1) is 14.7. The first-order valence-electron chi connectivity index (χ1n) is 10.2. The van der Waals surface area contributed by atoms with Crippen molar-refractivity contribution in [3.63, 3.8) is 0 Å². The van der Waals surface area contributed by atoms with Crippen LogP contribution in [0.5, 0.6) is 0 Å². The third kappa shape index (κ3) is 3.03. The number of hydrogen-bond donors (Lipinski definition) is 0. The Kier molecular flexibility index (Phi) is 4.88. The Morgan fingerprint density at radius 1 is 0.633 bits per heavy atom. The van der Waals surface area contributed by atoms with Crippen LogP contribution in [0.25, 0.3) is 0 Å². The van der Waals surface area contributed by atoms with E-state index >= 15 is 0 Å². The fraction of sp³-hybridized carbons (Fsp3) is 0.107. The quantitative estimate of drug-likeness (QED) is 0.297. The zero-order valence-corrected chi connectivity index (χ0v) is 18.0. The van der Waals surface area contributed by atoms with Crippen LogP contribution in [0.2, 0.25) is 0 Å². The lowest BCUT2D eigenvalue weighted by Crippen LogP contribution is -2.17. The van der Waals surface area contributed by atoms with Crippen LogP contribution in [0, 0.1) is 5.92 Å². The van der Waals surface area contributed by atoms with Gasteiger partial charge in [-0.2, -0.15) is 0 Å². The minimum Gasteiger partial charge on any atom is -0.294 e. The summed E-state index contributed by atoms with van der Waals surface area (Å²) >= 11 is 3.48. The molecule has 2 unspecified atom stereocenters. The molecule has 0 bridgehead atoms. The molecule has 0 radical (unpaired) electrons. The summed E-state index contributed by atoms with van der Waals surface area (Å²) in [6.45, 7) is 0. The van der Waals surface area contributed by atoms with Crippen molar-refractivity contribution in [1.82, 2.24) is 0 Å². The van der Waals surface area contributed by atoms with Gasteiger partial charge in [0.25, 0.3) is 0 Å². The van der Waals surface area contributed by atoms with E-state index < -0.39 is 0 Å². The number of carbonyl (C=O) groups excluding carboxylic acids is 1. The van der Waals surface area contributed by atoms with Crippen molar-refractivity contribution >= 4 is 21.7 Å². The number of hydrogen-bond acceptors (Lipinski definition) is 1. The fourth-order valence-electron chi connectivity index (χ4n) is 4.97. The molecule has 30 heavy (non-hydrogen) atoms. The van der Waals surface area contributed by atoms with E-state index in [-0.39, 0.29) is 23.0 Å². The van der Waals surface area contributed by atoms with Crippen molar-refractivity contribution in [2.75, 3.05) is 0 Å². The summed E-state index contributed by atoms with van der Waals surface area (Å²) in [4.78, 5) is 13.8. The molecule has 4 aromatic carbocycles. The molecule has 0 saturated heterocycles. The summed E-state index contributed by atoms with van der Waals surface area (Å²) < 4.78 is 0.979. The van der Waals surface area contributed by atoms with E-state index in [9.17, 15) is 4.79 Å². The fourth-order valence-corrected chi connectivity index (χ4v) is 5.23. The molecule has 4 aromatic rings. The maximum Gasteiger partial charge on any atom is 0.167 e. The number of carbonyl (C=O) groups is 1. The largest absolute Gasteiger partial charge is 0.294 e. The highest BCUT2D eigenvalue weighted by Crippen LogP contribution is 2.69. The molecule has 5 rings (SSSR count). The van der Waals surface area contributed by atoms with E-state index in [0.717, 1.165) is 10.0 Å². The van der Waals surface area contributed by atoms with E-state index in [4.69, 9.17) is 0 Å². The van der Waals surface area contributed by atoms with Gasteiger partial charge in [0.15, 0.2) is 5.78 Å². The van der Waals surface area contributed by atoms with Gasteiger partial charge in [0.05, 0.1) is 0 Å². The lowest BCUT2D eigenvalue weighted by Gasteiger charge is -2.20. The lowest BCUT2D eigenvalue weighted by atomic mass is 9.82. The summed E-state index contributed by atoms with van der Waals surface area (Å²) in [6.07, 6.45) is 0. The van der Waals surface area contributed by atoms with Crippen LogP contribution >= 0.6 is 15.9 Å². The van der Waals surface area contributed by atoms with E-state index in [1.807, 2.05) is 42.5 Å². The second-order valence-corrected chi connectivity index (χ2v) is 8.75. The lowest BCUT2D eigenvalue weighted by molar-refractivity contribution is 0.0958. The Morgan fingerprint density at radius 3 is 1.60 bits per heavy atom. The molecule has 1 aliphatic rings. The monoisotopic (exact) mass is 452 g/mol. The van der Waals surface area contributed by atoms with Gasteiger partial charge in [-0.25, -0.2) is 0 Å². The summed E-state index contributed by atoms with van der Waals surface area (Å²) in [5.41, 5.74) is 3.99. The summed E-state index contributed by atoms with van der Waals surface area (Å²) in [6, 6.07) is 39.2. The van der Waals surface area contributed by atoms with Crippen LogP contribution in [0.3, 0.4) is 0 Å². The number of halogens is 1.